The minimum atomic E-state index is 0.0386. The predicted molar refractivity (Wildman–Crippen MR) is 101 cm³/mol. The van der Waals surface area contributed by atoms with Gasteiger partial charge in [0.05, 0.1) is 0 Å². The summed E-state index contributed by atoms with van der Waals surface area (Å²) in [6, 6.07) is 5.40. The van der Waals surface area contributed by atoms with Gasteiger partial charge < -0.3 is 20.0 Å². The van der Waals surface area contributed by atoms with Crippen LogP contribution in [0.4, 0.5) is 11.8 Å². The number of aromatic nitrogens is 3. The Kier molecular flexibility index (Phi) is 5.96. The number of rotatable bonds is 6. The van der Waals surface area contributed by atoms with Crippen molar-refractivity contribution in [1.82, 2.24) is 24.8 Å². The second-order valence-corrected chi connectivity index (χ2v) is 6.49. The van der Waals surface area contributed by atoms with Gasteiger partial charge in [-0.3, -0.25) is 4.79 Å². The molecule has 0 aromatic carbocycles. The quantitative estimate of drug-likeness (QED) is 0.821. The summed E-state index contributed by atoms with van der Waals surface area (Å²) in [5, 5.41) is 3.25. The highest BCUT2D eigenvalue weighted by Gasteiger charge is 2.23. The van der Waals surface area contributed by atoms with E-state index in [9.17, 15) is 4.79 Å². The fourth-order valence-corrected chi connectivity index (χ4v) is 2.81. The second kappa shape index (κ2) is 8.57. The van der Waals surface area contributed by atoms with Crippen LogP contribution < -0.4 is 10.2 Å². The van der Waals surface area contributed by atoms with E-state index in [1.807, 2.05) is 25.1 Å². The van der Waals surface area contributed by atoms with Gasteiger partial charge in [-0.1, -0.05) is 0 Å². The SMILES string of the molecule is CN(C)CCNc1cc(C(=O)N2CCN(c3ncccn3)CC2)ccn1. The third-order valence-electron chi connectivity index (χ3n) is 4.27. The fraction of sp³-hybridized carbons (Fsp3) is 0.444. The van der Waals surface area contributed by atoms with Gasteiger partial charge in [-0.25, -0.2) is 15.0 Å². The Morgan fingerprint density at radius 2 is 1.85 bits per heavy atom. The Bertz CT molecular complexity index is 714. The summed E-state index contributed by atoms with van der Waals surface area (Å²) in [7, 11) is 4.05. The predicted octanol–water partition coefficient (Wildman–Crippen LogP) is 0.807. The molecule has 0 unspecified atom stereocenters. The number of likely N-dealkylation sites (N-methyl/N-ethyl adjacent to an activating group) is 1. The molecule has 8 heteroatoms. The van der Waals surface area contributed by atoms with Crippen LogP contribution in [0, 0.1) is 0 Å². The molecule has 0 aliphatic carbocycles. The number of carbonyl (C=O) groups excluding carboxylic acids is 1. The molecule has 2 aromatic rings. The number of piperazine rings is 1. The van der Waals surface area contributed by atoms with Crippen LogP contribution in [0.2, 0.25) is 0 Å². The fourth-order valence-electron chi connectivity index (χ4n) is 2.81. The first-order chi connectivity index (χ1) is 12.6. The zero-order valence-corrected chi connectivity index (χ0v) is 15.3. The summed E-state index contributed by atoms with van der Waals surface area (Å²) in [4.78, 5) is 31.7. The zero-order valence-electron chi connectivity index (χ0n) is 15.3. The van der Waals surface area contributed by atoms with Crippen LogP contribution in [0.3, 0.4) is 0 Å². The number of hydrogen-bond donors (Lipinski definition) is 1. The van der Waals surface area contributed by atoms with E-state index in [1.54, 1.807) is 30.7 Å². The van der Waals surface area contributed by atoms with Gasteiger partial charge >= 0.3 is 0 Å². The molecule has 0 bridgehead atoms. The van der Waals surface area contributed by atoms with Gasteiger partial charge in [-0.2, -0.15) is 0 Å². The van der Waals surface area contributed by atoms with Gasteiger partial charge in [-0.15, -0.1) is 0 Å². The normalized spacial score (nSPS) is 14.6. The maximum Gasteiger partial charge on any atom is 0.254 e. The first-order valence-electron chi connectivity index (χ1n) is 8.79. The van der Waals surface area contributed by atoms with Crippen molar-refractivity contribution >= 4 is 17.7 Å². The number of hydrogen-bond acceptors (Lipinski definition) is 7. The van der Waals surface area contributed by atoms with Crippen LogP contribution in [0.5, 0.6) is 0 Å². The highest BCUT2D eigenvalue weighted by molar-refractivity contribution is 5.95. The summed E-state index contributed by atoms with van der Waals surface area (Å²) in [6.45, 7) is 4.46. The number of nitrogens with one attached hydrogen (secondary N) is 1. The van der Waals surface area contributed by atoms with Crippen LogP contribution in [0.25, 0.3) is 0 Å². The van der Waals surface area contributed by atoms with Gasteiger partial charge in [0.15, 0.2) is 0 Å². The Morgan fingerprint density at radius 3 is 2.54 bits per heavy atom. The molecule has 1 amide bonds. The van der Waals surface area contributed by atoms with Gasteiger partial charge in [0.25, 0.3) is 5.91 Å². The average Bonchev–Trinajstić information content (AvgIpc) is 2.68. The van der Waals surface area contributed by atoms with Crippen molar-refractivity contribution in [2.75, 3.05) is 63.6 Å². The van der Waals surface area contributed by atoms with Crippen LogP contribution in [-0.2, 0) is 0 Å². The Morgan fingerprint density at radius 1 is 1.12 bits per heavy atom. The Balaban J connectivity index is 1.56. The van der Waals surface area contributed by atoms with Gasteiger partial charge in [-0.05, 0) is 32.3 Å². The Hall–Kier alpha value is -2.74. The van der Waals surface area contributed by atoms with Crippen LogP contribution >= 0.6 is 0 Å². The minimum absolute atomic E-state index is 0.0386. The van der Waals surface area contributed by atoms with Crippen LogP contribution in [0.1, 0.15) is 10.4 Å². The number of amides is 1. The molecule has 1 N–H and O–H groups in total. The van der Waals surface area contributed by atoms with Crippen molar-refractivity contribution in [1.29, 1.82) is 0 Å². The first-order valence-corrected chi connectivity index (χ1v) is 8.79. The van der Waals surface area contributed by atoms with E-state index in [0.717, 1.165) is 37.9 Å². The molecule has 0 radical (unpaired) electrons. The minimum Gasteiger partial charge on any atom is -0.369 e. The lowest BCUT2D eigenvalue weighted by Gasteiger charge is -2.34. The first kappa shape index (κ1) is 18.1. The third kappa shape index (κ3) is 4.66. The van der Waals surface area contributed by atoms with Crippen LogP contribution in [0.15, 0.2) is 36.8 Å². The number of pyridine rings is 1. The summed E-state index contributed by atoms with van der Waals surface area (Å²) < 4.78 is 0. The summed E-state index contributed by atoms with van der Waals surface area (Å²) in [5.41, 5.74) is 0.664. The standard InChI is InChI=1S/C18H25N7O/c1-23(2)9-8-20-16-14-15(4-7-19-16)17(26)24-10-12-25(13-11-24)18-21-5-3-6-22-18/h3-7,14H,8-13H2,1-2H3,(H,19,20). The maximum atomic E-state index is 12.8. The van der Waals surface area contributed by atoms with Crippen molar-refractivity contribution in [2.45, 2.75) is 0 Å². The maximum absolute atomic E-state index is 12.8. The van der Waals surface area contributed by atoms with Crippen molar-refractivity contribution in [3.8, 4) is 0 Å². The van der Waals surface area contributed by atoms with Crippen molar-refractivity contribution < 1.29 is 4.79 Å². The highest BCUT2D eigenvalue weighted by Crippen LogP contribution is 2.14. The molecule has 3 heterocycles. The molecule has 0 spiro atoms. The summed E-state index contributed by atoms with van der Waals surface area (Å²) in [6.07, 6.45) is 5.16. The van der Waals surface area contributed by atoms with Gasteiger partial charge in [0.2, 0.25) is 5.95 Å². The van der Waals surface area contributed by atoms with E-state index in [0.29, 0.717) is 18.7 Å². The van der Waals surface area contributed by atoms with E-state index in [1.165, 1.54) is 0 Å². The summed E-state index contributed by atoms with van der Waals surface area (Å²) in [5.74, 6) is 1.49. The molecular weight excluding hydrogens is 330 g/mol. The number of anilines is 2. The average molecular weight is 355 g/mol. The lowest BCUT2D eigenvalue weighted by atomic mass is 10.2. The van der Waals surface area contributed by atoms with E-state index < -0.39 is 0 Å². The highest BCUT2D eigenvalue weighted by atomic mass is 16.2. The molecule has 1 fully saturated rings. The molecule has 1 aliphatic heterocycles. The largest absolute Gasteiger partial charge is 0.369 e. The molecule has 8 nitrogen and oxygen atoms in total. The molecule has 2 aromatic heterocycles. The third-order valence-corrected chi connectivity index (χ3v) is 4.27. The molecule has 0 saturated carbocycles. The van der Waals surface area contributed by atoms with E-state index >= 15 is 0 Å². The topological polar surface area (TPSA) is 77.5 Å². The molecular formula is C18H25N7O. The smallest absolute Gasteiger partial charge is 0.254 e. The molecule has 26 heavy (non-hydrogen) atoms. The summed E-state index contributed by atoms with van der Waals surface area (Å²) >= 11 is 0. The Labute approximate surface area is 153 Å². The lowest BCUT2D eigenvalue weighted by molar-refractivity contribution is 0.0746. The lowest BCUT2D eigenvalue weighted by Crippen LogP contribution is -2.49. The molecule has 3 rings (SSSR count). The van der Waals surface area contributed by atoms with Crippen molar-refractivity contribution in [2.24, 2.45) is 0 Å². The van der Waals surface area contributed by atoms with Gasteiger partial charge in [0, 0.05) is 63.4 Å². The number of carbonyl (C=O) groups is 1. The zero-order chi connectivity index (χ0) is 18.4. The van der Waals surface area contributed by atoms with E-state index in [-0.39, 0.29) is 5.91 Å². The molecule has 138 valence electrons. The van der Waals surface area contributed by atoms with E-state index in [2.05, 4.69) is 30.1 Å². The number of nitrogens with zero attached hydrogens (tertiary/aromatic N) is 6. The molecule has 1 saturated heterocycles. The molecule has 1 aliphatic rings. The monoisotopic (exact) mass is 355 g/mol. The second-order valence-electron chi connectivity index (χ2n) is 6.49. The van der Waals surface area contributed by atoms with E-state index in [4.69, 9.17) is 0 Å². The van der Waals surface area contributed by atoms with Crippen molar-refractivity contribution in [3.05, 3.63) is 42.4 Å². The van der Waals surface area contributed by atoms with Crippen molar-refractivity contribution in [3.63, 3.8) is 0 Å². The van der Waals surface area contributed by atoms with Crippen LogP contribution in [-0.4, -0.2) is 84.0 Å². The molecule has 0 atom stereocenters. The van der Waals surface area contributed by atoms with Gasteiger partial charge in [0.1, 0.15) is 5.82 Å².